The molecule has 0 amide bonds. The van der Waals surface area contributed by atoms with Crippen molar-refractivity contribution in [3.8, 4) is 11.3 Å². The number of hydrogen-bond donors (Lipinski definition) is 0. The predicted octanol–water partition coefficient (Wildman–Crippen LogP) is 9.98. The molecule has 4 nitrogen and oxygen atoms in total. The zero-order chi connectivity index (χ0) is 29.8. The summed E-state index contributed by atoms with van der Waals surface area (Å²) in [5.74, 6) is 0. The molecular weight excluding hydrogens is 729 g/mol. The first-order chi connectivity index (χ1) is 21.6. The van der Waals surface area contributed by atoms with Gasteiger partial charge in [-0.25, -0.2) is 0 Å². The summed E-state index contributed by atoms with van der Waals surface area (Å²) in [4.78, 5) is 8.97. The van der Waals surface area contributed by atoms with E-state index in [2.05, 4.69) is 137 Å². The number of hydrogen-bond acceptors (Lipinski definition) is 3. The van der Waals surface area contributed by atoms with Crippen molar-refractivity contribution in [2.75, 3.05) is 9.80 Å². The van der Waals surface area contributed by atoms with Gasteiger partial charge in [0.25, 0.3) is 0 Å². The summed E-state index contributed by atoms with van der Waals surface area (Å²) in [5.41, 5.74) is 10.5. The quantitative estimate of drug-likeness (QED) is 0.168. The SMILES string of the molecule is CC(C)N1[CH-]N(c2[c-]cc3c4ccccc4n4c5ccccc5c2c34)c2ccccc21.Cc1ccc(-c2[c-]cccc2)nc1.[Ir+3]. The fraction of sp³-hybridized carbons (Fsp3) is 0.100. The molecule has 0 saturated heterocycles. The standard InChI is InChI=1S/C28H21N3.C12H10N.Ir/c1-18(2)29-17-30(25-14-8-7-13-24(25)29)26-16-15-20-19-9-3-5-11-22(19)31-23-12-6-4-10-21(23)27(26)28(20)31;1-10-7-8-12(13-9-10)11-5-3-2-4-6-11;/h3-15,17-18H,1-2H3;2-5,7-9H,1H3;/q-2;-1;+3. The Bertz CT molecular complexity index is 2250. The van der Waals surface area contributed by atoms with Crippen LogP contribution < -0.4 is 9.80 Å². The van der Waals surface area contributed by atoms with Gasteiger partial charge in [-0.05, 0) is 78.6 Å². The molecule has 45 heavy (non-hydrogen) atoms. The first kappa shape index (κ1) is 29.0. The fourth-order valence-electron chi connectivity index (χ4n) is 6.46. The van der Waals surface area contributed by atoms with Gasteiger partial charge in [-0.15, -0.1) is 41.3 Å². The van der Waals surface area contributed by atoms with Crippen molar-refractivity contribution < 1.29 is 20.1 Å². The Hall–Kier alpha value is -4.70. The molecule has 0 saturated carbocycles. The number of aromatic nitrogens is 2. The normalized spacial score (nSPS) is 12.6. The van der Waals surface area contributed by atoms with Crippen LogP contribution in [0.5, 0.6) is 0 Å². The molecule has 0 unspecified atom stereocenters. The molecule has 4 heterocycles. The van der Waals surface area contributed by atoms with Gasteiger partial charge < -0.3 is 19.2 Å². The molecule has 1 aliphatic heterocycles. The molecule has 0 aliphatic carbocycles. The van der Waals surface area contributed by atoms with Gasteiger partial charge in [0.2, 0.25) is 0 Å². The van der Waals surface area contributed by atoms with E-state index in [0.29, 0.717) is 6.04 Å². The maximum atomic E-state index is 4.32. The Morgan fingerprint density at radius 3 is 2.11 bits per heavy atom. The van der Waals surface area contributed by atoms with Gasteiger partial charge in [-0.2, -0.15) is 18.8 Å². The summed E-state index contributed by atoms with van der Waals surface area (Å²) in [5, 5.41) is 5.08. The Kier molecular flexibility index (Phi) is 7.53. The van der Waals surface area contributed by atoms with E-state index in [4.69, 9.17) is 0 Å². The fourth-order valence-corrected chi connectivity index (χ4v) is 6.46. The van der Waals surface area contributed by atoms with Gasteiger partial charge in [0.1, 0.15) is 0 Å². The van der Waals surface area contributed by atoms with E-state index in [0.717, 1.165) is 16.9 Å². The maximum absolute atomic E-state index is 4.32. The van der Waals surface area contributed by atoms with Crippen LogP contribution in [0.4, 0.5) is 17.1 Å². The molecule has 5 aromatic carbocycles. The summed E-state index contributed by atoms with van der Waals surface area (Å²) in [6.45, 7) is 8.73. The molecule has 3 aromatic heterocycles. The third-order valence-electron chi connectivity index (χ3n) is 8.51. The van der Waals surface area contributed by atoms with Crippen LogP contribution in [-0.2, 0) is 20.1 Å². The second-order valence-corrected chi connectivity index (χ2v) is 11.6. The van der Waals surface area contributed by atoms with Crippen LogP contribution >= 0.6 is 0 Å². The number of anilines is 3. The molecule has 1 aliphatic rings. The zero-order valence-electron chi connectivity index (χ0n) is 25.3. The number of rotatable bonds is 3. The Morgan fingerprint density at radius 2 is 1.40 bits per heavy atom. The van der Waals surface area contributed by atoms with Gasteiger partial charge in [0, 0.05) is 28.6 Å². The monoisotopic (exact) mass is 760 g/mol. The molecule has 5 heteroatoms. The summed E-state index contributed by atoms with van der Waals surface area (Å²) in [6.07, 6.45) is 1.87. The Morgan fingerprint density at radius 1 is 0.711 bits per heavy atom. The molecule has 0 spiro atoms. The minimum absolute atomic E-state index is 0. The van der Waals surface area contributed by atoms with E-state index in [1.54, 1.807) is 0 Å². The van der Waals surface area contributed by atoms with Gasteiger partial charge in [-0.3, -0.25) is 0 Å². The average Bonchev–Trinajstić information content (AvgIpc) is 3.73. The summed E-state index contributed by atoms with van der Waals surface area (Å²) < 4.78 is 2.43. The molecule has 0 atom stereocenters. The first-order valence-electron chi connectivity index (χ1n) is 15.1. The van der Waals surface area contributed by atoms with Crippen molar-refractivity contribution in [3.63, 3.8) is 0 Å². The number of benzene rings is 5. The second kappa shape index (κ2) is 11.7. The number of aryl methyl sites for hydroxylation is 1. The topological polar surface area (TPSA) is 23.8 Å². The van der Waals surface area contributed by atoms with Crippen LogP contribution in [0.2, 0.25) is 0 Å². The molecular formula is C40H31IrN4. The summed E-state index contributed by atoms with van der Waals surface area (Å²) >= 11 is 0. The maximum Gasteiger partial charge on any atom is 3.00 e. The molecule has 8 aromatic rings. The number of pyridine rings is 1. The Balaban J connectivity index is 0.000000196. The number of para-hydroxylation sites is 4. The molecule has 9 rings (SSSR count). The number of nitrogens with zero attached hydrogens (tertiary/aromatic N) is 4. The van der Waals surface area contributed by atoms with E-state index in [9.17, 15) is 0 Å². The van der Waals surface area contributed by atoms with E-state index in [-0.39, 0.29) is 20.1 Å². The van der Waals surface area contributed by atoms with Crippen molar-refractivity contribution in [2.45, 2.75) is 26.8 Å². The Labute approximate surface area is 277 Å². The van der Waals surface area contributed by atoms with E-state index in [1.807, 2.05) is 43.5 Å². The van der Waals surface area contributed by atoms with Crippen molar-refractivity contribution in [1.82, 2.24) is 9.38 Å². The third kappa shape index (κ3) is 4.75. The minimum atomic E-state index is 0. The average molecular weight is 760 g/mol. The van der Waals surface area contributed by atoms with Gasteiger partial charge >= 0.3 is 20.1 Å². The van der Waals surface area contributed by atoms with Gasteiger partial charge in [0.15, 0.2) is 0 Å². The number of fused-ring (bicyclic) bond motifs is 7. The smallest absolute Gasteiger partial charge is 0.499 e. The van der Waals surface area contributed by atoms with Crippen molar-refractivity contribution in [1.29, 1.82) is 0 Å². The molecule has 0 fully saturated rings. The van der Waals surface area contributed by atoms with Gasteiger partial charge in [0.05, 0.1) is 0 Å². The molecule has 0 N–H and O–H groups in total. The van der Waals surface area contributed by atoms with Crippen molar-refractivity contribution >= 4 is 55.2 Å². The third-order valence-corrected chi connectivity index (χ3v) is 8.51. The summed E-state index contributed by atoms with van der Waals surface area (Å²) in [7, 11) is 0. The van der Waals surface area contributed by atoms with Crippen molar-refractivity contribution in [3.05, 3.63) is 146 Å². The molecule has 0 radical (unpaired) electrons. The molecule has 220 valence electrons. The zero-order valence-corrected chi connectivity index (χ0v) is 27.7. The van der Waals surface area contributed by atoms with Crippen LogP contribution in [0.1, 0.15) is 19.4 Å². The van der Waals surface area contributed by atoms with Gasteiger partial charge in [-0.1, -0.05) is 71.7 Å². The van der Waals surface area contributed by atoms with Crippen LogP contribution in [0.15, 0.2) is 121 Å². The van der Waals surface area contributed by atoms with E-state index >= 15 is 0 Å². The minimum Gasteiger partial charge on any atom is -0.499 e. The van der Waals surface area contributed by atoms with E-state index < -0.39 is 0 Å². The van der Waals surface area contributed by atoms with Crippen LogP contribution in [-0.4, -0.2) is 15.4 Å². The second-order valence-electron chi connectivity index (χ2n) is 11.6. The predicted molar refractivity (Wildman–Crippen MR) is 184 cm³/mol. The molecule has 0 bridgehead atoms. The van der Waals surface area contributed by atoms with Crippen LogP contribution in [0.25, 0.3) is 49.4 Å². The summed E-state index contributed by atoms with van der Waals surface area (Å²) in [6, 6.07) is 47.4. The van der Waals surface area contributed by atoms with Crippen LogP contribution in [0, 0.1) is 25.7 Å². The van der Waals surface area contributed by atoms with Crippen LogP contribution in [0.3, 0.4) is 0 Å². The van der Waals surface area contributed by atoms with Crippen molar-refractivity contribution in [2.24, 2.45) is 0 Å². The van der Waals surface area contributed by atoms with E-state index in [1.165, 1.54) is 55.0 Å². The largest absolute Gasteiger partial charge is 3.00 e. The first-order valence-corrected chi connectivity index (χ1v) is 15.1.